The van der Waals surface area contributed by atoms with Crippen LogP contribution in [0.15, 0.2) is 11.6 Å². The number of aliphatic hydroxyl groups excluding tert-OH is 6. The second-order valence-electron chi connectivity index (χ2n) is 17.6. The molecule has 13 unspecified atom stereocenters. The van der Waals surface area contributed by atoms with Gasteiger partial charge in [0, 0.05) is 0 Å². The van der Waals surface area contributed by atoms with E-state index in [0.29, 0.717) is 11.8 Å². The van der Waals surface area contributed by atoms with Gasteiger partial charge < -0.3 is 40.1 Å². The number of hydrogen-bond acceptors (Lipinski definition) is 8. The highest BCUT2D eigenvalue weighted by atomic mass is 16.6. The van der Waals surface area contributed by atoms with Crippen LogP contribution in [0, 0.1) is 45.3 Å². The van der Waals surface area contributed by atoms with E-state index < -0.39 is 48.8 Å². The fourth-order valence-corrected chi connectivity index (χ4v) is 12.0. The number of rotatable bonds is 8. The Kier molecular flexibility index (Phi) is 9.83. The van der Waals surface area contributed by atoms with Crippen LogP contribution in [-0.4, -0.2) is 92.2 Å². The van der Waals surface area contributed by atoms with Crippen molar-refractivity contribution < 1.29 is 40.1 Å². The minimum absolute atomic E-state index is 0.0137. The van der Waals surface area contributed by atoms with Crippen molar-refractivity contribution >= 4 is 0 Å². The minimum atomic E-state index is -1.43. The summed E-state index contributed by atoms with van der Waals surface area (Å²) in [5.74, 6) is 0.929. The molecule has 8 heteroatoms. The maximum absolute atomic E-state index is 12.3. The summed E-state index contributed by atoms with van der Waals surface area (Å²) in [4.78, 5) is 0. The third-order valence-electron chi connectivity index (χ3n) is 14.9. The van der Waals surface area contributed by atoms with Gasteiger partial charge in [-0.3, -0.25) is 0 Å². The Bertz CT molecular complexity index is 1090. The molecule has 0 bridgehead atoms. The fraction of sp³-hybridized carbons (Fsp3) is 0.946. The highest BCUT2D eigenvalue weighted by Crippen LogP contribution is 2.76. The van der Waals surface area contributed by atoms with Gasteiger partial charge in [0.05, 0.1) is 31.0 Å². The van der Waals surface area contributed by atoms with Crippen molar-refractivity contribution in [2.24, 2.45) is 45.3 Å². The van der Waals surface area contributed by atoms with Gasteiger partial charge in [0.2, 0.25) is 0 Å². The summed E-state index contributed by atoms with van der Waals surface area (Å²) in [5, 5.41) is 64.5. The molecule has 45 heavy (non-hydrogen) atoms. The summed E-state index contributed by atoms with van der Waals surface area (Å²) in [6.45, 7) is 17.8. The van der Waals surface area contributed by atoms with Gasteiger partial charge in [-0.15, -0.1) is 0 Å². The molecule has 6 N–H and O–H groups in total. The summed E-state index contributed by atoms with van der Waals surface area (Å²) in [6.07, 6.45) is 3.73. The average molecular weight is 637 g/mol. The summed E-state index contributed by atoms with van der Waals surface area (Å²) < 4.78 is 12.6. The zero-order chi connectivity index (χ0) is 33.3. The Balaban J connectivity index is 1.44. The van der Waals surface area contributed by atoms with Gasteiger partial charge in [-0.25, -0.2) is 0 Å². The standard InChI is InChI=1S/C37H64O8/c1-21(2)10-9-14-37(8,44-20-25-31(42)32(43)30(41)24(19-38)45-25)22-11-16-36(7)29(22)23(39)18-27-34(5)15-13-28(40)33(3,4)26(34)12-17-35(27,36)6/h10,22-32,38-43H,9,11-20H2,1-8H3/t22?,23?,24?,25?,26?,27?,28?,29?,30?,31?,32?,34?,35?,36-,37+/m1/s1. The zero-order valence-corrected chi connectivity index (χ0v) is 29.2. The number of allylic oxidation sites excluding steroid dienone is 2. The van der Waals surface area contributed by atoms with Crippen LogP contribution in [0.3, 0.4) is 0 Å². The molecule has 0 aromatic heterocycles. The van der Waals surface area contributed by atoms with Gasteiger partial charge in [0.1, 0.15) is 30.5 Å². The maximum Gasteiger partial charge on any atom is 0.111 e. The van der Waals surface area contributed by atoms with Crippen molar-refractivity contribution in [2.45, 2.75) is 162 Å². The maximum atomic E-state index is 12.3. The molecule has 0 aromatic rings. The topological polar surface area (TPSA) is 140 Å². The highest BCUT2D eigenvalue weighted by molar-refractivity contribution is 5.20. The number of aliphatic hydroxyl groups is 6. The number of fused-ring (bicyclic) bond motifs is 5. The summed E-state index contributed by atoms with van der Waals surface area (Å²) >= 11 is 0. The van der Waals surface area contributed by atoms with Crippen LogP contribution in [-0.2, 0) is 9.47 Å². The summed E-state index contributed by atoms with van der Waals surface area (Å²) in [5.41, 5.74) is 0.494. The van der Waals surface area contributed by atoms with Crippen molar-refractivity contribution in [1.29, 1.82) is 0 Å². The molecule has 5 aliphatic rings. The predicted octanol–water partition coefficient (Wildman–Crippen LogP) is 4.37. The van der Waals surface area contributed by atoms with Crippen LogP contribution in [0.1, 0.15) is 113 Å². The van der Waals surface area contributed by atoms with E-state index in [9.17, 15) is 30.6 Å². The molecule has 0 spiro atoms. The smallest absolute Gasteiger partial charge is 0.111 e. The third kappa shape index (κ3) is 5.59. The van der Waals surface area contributed by atoms with Gasteiger partial charge in [-0.2, -0.15) is 0 Å². The Hall–Kier alpha value is -0.580. The molecule has 1 saturated heterocycles. The molecule has 260 valence electrons. The molecule has 8 nitrogen and oxygen atoms in total. The minimum Gasteiger partial charge on any atom is -0.394 e. The first kappa shape index (κ1) is 35.7. The molecule has 0 aromatic carbocycles. The van der Waals surface area contributed by atoms with Crippen molar-refractivity contribution in [3.8, 4) is 0 Å². The van der Waals surface area contributed by atoms with E-state index in [4.69, 9.17) is 9.47 Å². The molecule has 1 heterocycles. The largest absolute Gasteiger partial charge is 0.394 e. The summed E-state index contributed by atoms with van der Waals surface area (Å²) in [7, 11) is 0. The highest BCUT2D eigenvalue weighted by Gasteiger charge is 2.71. The van der Waals surface area contributed by atoms with E-state index in [-0.39, 0.29) is 46.2 Å². The van der Waals surface area contributed by atoms with E-state index in [2.05, 4.69) is 61.5 Å². The second-order valence-corrected chi connectivity index (χ2v) is 17.6. The Labute approximate surface area is 271 Å². The number of hydrogen-bond donors (Lipinski definition) is 6. The van der Waals surface area contributed by atoms with Gasteiger partial charge >= 0.3 is 0 Å². The lowest BCUT2D eigenvalue weighted by Crippen LogP contribution is -2.66. The Morgan fingerprint density at radius 3 is 2.13 bits per heavy atom. The molecule has 5 rings (SSSR count). The second kappa shape index (κ2) is 12.4. The first-order valence-electron chi connectivity index (χ1n) is 17.8. The lowest BCUT2D eigenvalue weighted by atomic mass is 9.35. The Morgan fingerprint density at radius 1 is 0.844 bits per heavy atom. The third-order valence-corrected chi connectivity index (χ3v) is 14.9. The first-order chi connectivity index (χ1) is 20.9. The molecule has 1 aliphatic heterocycles. The van der Waals surface area contributed by atoms with Crippen molar-refractivity contribution in [3.63, 3.8) is 0 Å². The van der Waals surface area contributed by atoms with Gasteiger partial charge in [-0.1, -0.05) is 46.3 Å². The van der Waals surface area contributed by atoms with Crippen LogP contribution in [0.5, 0.6) is 0 Å². The zero-order valence-electron chi connectivity index (χ0n) is 29.2. The monoisotopic (exact) mass is 636 g/mol. The normalized spacial score (nSPS) is 50.6. The van der Waals surface area contributed by atoms with E-state index in [1.54, 1.807) is 0 Å². The molecule has 0 radical (unpaired) electrons. The van der Waals surface area contributed by atoms with Crippen LogP contribution in [0.2, 0.25) is 0 Å². The molecule has 0 amide bonds. The van der Waals surface area contributed by atoms with E-state index in [0.717, 1.165) is 57.8 Å². The first-order valence-corrected chi connectivity index (χ1v) is 17.8. The van der Waals surface area contributed by atoms with E-state index >= 15 is 0 Å². The van der Waals surface area contributed by atoms with Crippen LogP contribution >= 0.6 is 0 Å². The van der Waals surface area contributed by atoms with Crippen molar-refractivity contribution in [1.82, 2.24) is 0 Å². The van der Waals surface area contributed by atoms with Crippen LogP contribution in [0.25, 0.3) is 0 Å². The molecule has 4 aliphatic carbocycles. The van der Waals surface area contributed by atoms with Crippen LogP contribution < -0.4 is 0 Å². The predicted molar refractivity (Wildman–Crippen MR) is 173 cm³/mol. The Morgan fingerprint density at radius 2 is 1.49 bits per heavy atom. The SMILES string of the molecule is CC(C)=CCC[C@](C)(OCC1OC(CO)C(O)C(O)C1O)C1CC[C@]2(C)C1C(O)CC1C3(C)CCC(O)C(C)(C)C3CCC12C. The lowest BCUT2D eigenvalue weighted by Gasteiger charge is -2.70. The fourth-order valence-electron chi connectivity index (χ4n) is 12.0. The molecule has 15 atom stereocenters. The number of ether oxygens (including phenoxy) is 2. The average Bonchev–Trinajstić information content (AvgIpc) is 3.35. The van der Waals surface area contributed by atoms with Gasteiger partial charge in [-0.05, 0) is 124 Å². The molecule has 5 fully saturated rings. The van der Waals surface area contributed by atoms with Crippen molar-refractivity contribution in [2.75, 3.05) is 13.2 Å². The molecule has 4 saturated carbocycles. The quantitative estimate of drug-likeness (QED) is 0.216. The van der Waals surface area contributed by atoms with Crippen molar-refractivity contribution in [3.05, 3.63) is 11.6 Å². The van der Waals surface area contributed by atoms with Gasteiger partial charge in [0.25, 0.3) is 0 Å². The lowest BCUT2D eigenvalue weighted by molar-refractivity contribution is -0.260. The van der Waals surface area contributed by atoms with Crippen LogP contribution in [0.4, 0.5) is 0 Å². The van der Waals surface area contributed by atoms with Gasteiger partial charge in [0.15, 0.2) is 0 Å². The molecular formula is C37H64O8. The summed E-state index contributed by atoms with van der Waals surface area (Å²) in [6, 6.07) is 0. The van der Waals surface area contributed by atoms with E-state index in [1.165, 1.54) is 5.57 Å². The molecular weight excluding hydrogens is 572 g/mol. The van der Waals surface area contributed by atoms with E-state index in [1.807, 2.05) is 0 Å².